The zero-order valence-electron chi connectivity index (χ0n) is 20.5. The van der Waals surface area contributed by atoms with E-state index >= 15 is 0 Å². The number of para-hydroxylation sites is 1. The third-order valence-electron chi connectivity index (χ3n) is 6.14. The standard InChI is InChI=1S/C26H36N4O3.2ClH/c1-20(31)10-4-2-5-13-24(29-25(32)14-17-30-15-8-3-9-16-30)26(33)28-22-18-21-11-6-7-12-23(21)27-19-22;;/h6-7,11-12,18-19,24H,2-5,8-10,13-17H2,1H3,(H,28,33)(H,29,32);2*1H/t24-;;/m0../s1. The number of likely N-dealkylation sites (tertiary alicyclic amines) is 1. The highest BCUT2D eigenvalue weighted by atomic mass is 35.5. The second-order valence-electron chi connectivity index (χ2n) is 8.98. The van der Waals surface area contributed by atoms with E-state index in [0.717, 1.165) is 49.8 Å². The molecular formula is C26H38Cl2N4O3. The number of aromatic nitrogens is 1. The largest absolute Gasteiger partial charge is 0.344 e. The van der Waals surface area contributed by atoms with Gasteiger partial charge in [-0.1, -0.05) is 37.5 Å². The third-order valence-corrected chi connectivity index (χ3v) is 6.14. The predicted molar refractivity (Wildman–Crippen MR) is 145 cm³/mol. The molecule has 1 atom stereocenters. The summed E-state index contributed by atoms with van der Waals surface area (Å²) in [5.41, 5.74) is 1.48. The molecule has 9 heteroatoms. The Kier molecular flexibility index (Phi) is 14.5. The number of unbranched alkanes of at least 4 members (excludes halogenated alkanes) is 2. The second kappa shape index (κ2) is 16.5. The quantitative estimate of drug-likeness (QED) is 0.384. The first-order chi connectivity index (χ1) is 16.0. The molecule has 194 valence electrons. The zero-order chi connectivity index (χ0) is 23.5. The maximum absolute atomic E-state index is 13.0. The molecule has 7 nitrogen and oxygen atoms in total. The Bertz CT molecular complexity index is 951. The Morgan fingerprint density at radius 2 is 1.74 bits per heavy atom. The topological polar surface area (TPSA) is 91.4 Å². The lowest BCUT2D eigenvalue weighted by Gasteiger charge is -2.26. The number of carbonyl (C=O) groups is 3. The number of nitrogens with zero attached hydrogens (tertiary/aromatic N) is 2. The fourth-order valence-corrected chi connectivity index (χ4v) is 4.25. The van der Waals surface area contributed by atoms with E-state index in [1.807, 2.05) is 30.3 Å². The normalized spacial score (nSPS) is 14.3. The molecule has 1 aliphatic rings. The van der Waals surface area contributed by atoms with Crippen molar-refractivity contribution in [3.05, 3.63) is 36.5 Å². The second-order valence-corrected chi connectivity index (χ2v) is 8.98. The van der Waals surface area contributed by atoms with Gasteiger partial charge in [0.15, 0.2) is 0 Å². The fourth-order valence-electron chi connectivity index (χ4n) is 4.25. The smallest absolute Gasteiger partial charge is 0.246 e. The Morgan fingerprint density at radius 3 is 2.49 bits per heavy atom. The van der Waals surface area contributed by atoms with Crippen molar-refractivity contribution in [2.75, 3.05) is 25.0 Å². The van der Waals surface area contributed by atoms with Crippen LogP contribution in [-0.4, -0.2) is 53.2 Å². The van der Waals surface area contributed by atoms with Gasteiger partial charge >= 0.3 is 0 Å². The predicted octanol–water partition coefficient (Wildman–Crippen LogP) is 4.92. The van der Waals surface area contributed by atoms with Crippen molar-refractivity contribution >= 4 is 59.0 Å². The van der Waals surface area contributed by atoms with Gasteiger partial charge in [0.25, 0.3) is 0 Å². The van der Waals surface area contributed by atoms with E-state index in [2.05, 4.69) is 20.5 Å². The maximum atomic E-state index is 13.0. The summed E-state index contributed by atoms with van der Waals surface area (Å²) in [7, 11) is 0. The minimum atomic E-state index is -0.609. The van der Waals surface area contributed by atoms with Gasteiger partial charge in [0.2, 0.25) is 11.8 Å². The van der Waals surface area contributed by atoms with E-state index in [9.17, 15) is 14.4 Å². The van der Waals surface area contributed by atoms with E-state index in [0.29, 0.717) is 24.9 Å². The van der Waals surface area contributed by atoms with Crippen LogP contribution in [0.2, 0.25) is 0 Å². The first-order valence-corrected chi connectivity index (χ1v) is 12.2. The average Bonchev–Trinajstić information content (AvgIpc) is 2.82. The molecule has 0 spiro atoms. The summed E-state index contributed by atoms with van der Waals surface area (Å²) >= 11 is 0. The van der Waals surface area contributed by atoms with E-state index in [4.69, 9.17) is 0 Å². The number of piperidine rings is 1. The van der Waals surface area contributed by atoms with Gasteiger partial charge in [-0.2, -0.15) is 0 Å². The molecule has 2 heterocycles. The number of benzene rings is 1. The van der Waals surface area contributed by atoms with Crippen LogP contribution >= 0.6 is 24.8 Å². The highest BCUT2D eigenvalue weighted by Gasteiger charge is 2.21. The molecule has 2 amide bonds. The van der Waals surface area contributed by atoms with Gasteiger partial charge in [0.05, 0.1) is 17.4 Å². The lowest BCUT2D eigenvalue weighted by atomic mass is 10.0. The van der Waals surface area contributed by atoms with Gasteiger partial charge in [0.1, 0.15) is 11.8 Å². The summed E-state index contributed by atoms with van der Waals surface area (Å²) in [6, 6.07) is 9.02. The van der Waals surface area contributed by atoms with Crippen molar-refractivity contribution < 1.29 is 14.4 Å². The van der Waals surface area contributed by atoms with Gasteiger partial charge in [-0.25, -0.2) is 0 Å². The summed E-state index contributed by atoms with van der Waals surface area (Å²) in [6.45, 7) is 4.41. The van der Waals surface area contributed by atoms with Crippen molar-refractivity contribution in [1.29, 1.82) is 0 Å². The molecule has 2 N–H and O–H groups in total. The van der Waals surface area contributed by atoms with Crippen LogP contribution in [0.15, 0.2) is 36.5 Å². The Balaban J connectivity index is 0.00000306. The first-order valence-electron chi connectivity index (χ1n) is 12.2. The summed E-state index contributed by atoms with van der Waals surface area (Å²) in [4.78, 5) is 43.6. The number of amides is 2. The minimum absolute atomic E-state index is 0. The highest BCUT2D eigenvalue weighted by Crippen LogP contribution is 2.17. The number of Topliss-reactive ketones (excluding diaryl/α,β-unsaturated/α-hetero) is 1. The summed E-state index contributed by atoms with van der Waals surface area (Å²) < 4.78 is 0. The number of pyridine rings is 1. The molecular weight excluding hydrogens is 487 g/mol. The number of anilines is 1. The maximum Gasteiger partial charge on any atom is 0.246 e. The summed E-state index contributed by atoms with van der Waals surface area (Å²) in [5, 5.41) is 6.82. The monoisotopic (exact) mass is 524 g/mol. The van der Waals surface area contributed by atoms with Crippen LogP contribution in [0.5, 0.6) is 0 Å². The van der Waals surface area contributed by atoms with Gasteiger partial charge in [-0.05, 0) is 57.8 Å². The number of fused-ring (bicyclic) bond motifs is 1. The van der Waals surface area contributed by atoms with Crippen LogP contribution in [0.4, 0.5) is 5.69 Å². The molecule has 1 aliphatic heterocycles. The molecule has 1 saturated heterocycles. The number of carbonyl (C=O) groups excluding carboxylic acids is 3. The Labute approximate surface area is 220 Å². The van der Waals surface area contributed by atoms with Crippen molar-refractivity contribution in [3.8, 4) is 0 Å². The fraction of sp³-hybridized carbons (Fsp3) is 0.538. The molecule has 0 unspecified atom stereocenters. The van der Waals surface area contributed by atoms with Crippen LogP contribution in [0.25, 0.3) is 10.9 Å². The molecule has 35 heavy (non-hydrogen) atoms. The van der Waals surface area contributed by atoms with Crippen molar-refractivity contribution in [2.45, 2.75) is 70.8 Å². The molecule has 0 radical (unpaired) electrons. The molecule has 1 aromatic heterocycles. The van der Waals surface area contributed by atoms with Crippen LogP contribution < -0.4 is 10.6 Å². The van der Waals surface area contributed by atoms with Crippen LogP contribution in [0.3, 0.4) is 0 Å². The molecule has 1 fully saturated rings. The van der Waals surface area contributed by atoms with Gasteiger partial charge in [-0.3, -0.25) is 14.6 Å². The minimum Gasteiger partial charge on any atom is -0.344 e. The number of rotatable bonds is 12. The van der Waals surface area contributed by atoms with Crippen molar-refractivity contribution in [2.24, 2.45) is 0 Å². The first kappa shape index (κ1) is 30.8. The molecule has 0 aliphatic carbocycles. The molecule has 2 aromatic rings. The van der Waals surface area contributed by atoms with E-state index in [1.165, 1.54) is 19.3 Å². The van der Waals surface area contributed by atoms with E-state index in [-0.39, 0.29) is 42.4 Å². The SMILES string of the molecule is CC(=O)CCCCC[C@H](NC(=O)CCN1CCCCC1)C(=O)Nc1cnc2ccccc2c1.Cl.Cl. The van der Waals surface area contributed by atoms with E-state index < -0.39 is 6.04 Å². The zero-order valence-corrected chi connectivity index (χ0v) is 22.1. The molecule has 3 rings (SSSR count). The van der Waals surface area contributed by atoms with Gasteiger partial charge < -0.3 is 20.3 Å². The van der Waals surface area contributed by atoms with Crippen LogP contribution in [-0.2, 0) is 14.4 Å². The van der Waals surface area contributed by atoms with Crippen molar-refractivity contribution in [3.63, 3.8) is 0 Å². The van der Waals surface area contributed by atoms with Gasteiger partial charge in [-0.15, -0.1) is 24.8 Å². The van der Waals surface area contributed by atoms with Crippen LogP contribution in [0, 0.1) is 0 Å². The lowest BCUT2D eigenvalue weighted by molar-refractivity contribution is -0.126. The number of hydrogen-bond donors (Lipinski definition) is 2. The van der Waals surface area contributed by atoms with E-state index in [1.54, 1.807) is 13.1 Å². The number of ketones is 1. The van der Waals surface area contributed by atoms with Crippen molar-refractivity contribution in [1.82, 2.24) is 15.2 Å². The summed E-state index contributed by atoms with van der Waals surface area (Å²) in [5.74, 6) is -0.148. The lowest BCUT2D eigenvalue weighted by Crippen LogP contribution is -2.45. The van der Waals surface area contributed by atoms with Gasteiger partial charge in [0, 0.05) is 24.8 Å². The number of halogens is 2. The summed E-state index contributed by atoms with van der Waals surface area (Å²) in [6.07, 6.45) is 9.20. The molecule has 0 bridgehead atoms. The Hall–Kier alpha value is -2.22. The molecule has 1 aromatic carbocycles. The highest BCUT2D eigenvalue weighted by molar-refractivity contribution is 5.98. The number of hydrogen-bond acceptors (Lipinski definition) is 5. The third kappa shape index (κ3) is 10.9. The Morgan fingerprint density at radius 1 is 1.00 bits per heavy atom. The molecule has 0 saturated carbocycles. The van der Waals surface area contributed by atoms with Crippen LogP contribution in [0.1, 0.15) is 64.7 Å². The average molecular weight is 526 g/mol. The number of nitrogens with one attached hydrogen (secondary N) is 2.